The second kappa shape index (κ2) is 8.54. The van der Waals surface area contributed by atoms with E-state index in [4.69, 9.17) is 4.74 Å². The van der Waals surface area contributed by atoms with Crippen LogP contribution in [0.15, 0.2) is 66.4 Å². The predicted octanol–water partition coefficient (Wildman–Crippen LogP) is 3.20. The van der Waals surface area contributed by atoms with Gasteiger partial charge in [-0.15, -0.1) is 0 Å². The average molecular weight is 364 g/mol. The number of ether oxygens (including phenoxy) is 1. The highest BCUT2D eigenvalue weighted by Crippen LogP contribution is 2.27. The molecule has 1 amide bonds. The third kappa shape index (κ3) is 4.56. The molecule has 0 bridgehead atoms. The highest BCUT2D eigenvalue weighted by molar-refractivity contribution is 5.97. The molecule has 0 fully saturated rings. The number of hydrogen-bond donors (Lipinski definition) is 1. The van der Waals surface area contributed by atoms with E-state index in [2.05, 4.69) is 5.32 Å². The minimum absolute atomic E-state index is 0.199. The molecule has 1 heterocycles. The van der Waals surface area contributed by atoms with E-state index in [0.29, 0.717) is 18.4 Å². The number of carbonyl (C=O) groups excluding carboxylic acids is 2. The van der Waals surface area contributed by atoms with Crippen LogP contribution in [-0.4, -0.2) is 25.0 Å². The standard InChI is InChI=1S/C22H24N2O3/c1-3-19(22(26)27-15-16-9-5-4-6-10-16)23-21(25)18-13-17-11-7-8-12-20(17)24(2)14-18/h4-12,14,19H,3,13,15H2,1-2H3,(H,23,25). The Labute approximate surface area is 159 Å². The molecular formula is C22H24N2O3. The lowest BCUT2D eigenvalue weighted by molar-refractivity contribution is -0.148. The van der Waals surface area contributed by atoms with Gasteiger partial charge in [0, 0.05) is 30.9 Å². The number of esters is 1. The van der Waals surface area contributed by atoms with Gasteiger partial charge in [-0.25, -0.2) is 4.79 Å². The Morgan fingerprint density at radius 1 is 1.11 bits per heavy atom. The number of rotatable bonds is 6. The third-order valence-corrected chi connectivity index (χ3v) is 4.62. The smallest absolute Gasteiger partial charge is 0.328 e. The van der Waals surface area contributed by atoms with Gasteiger partial charge >= 0.3 is 5.97 Å². The summed E-state index contributed by atoms with van der Waals surface area (Å²) in [6, 6.07) is 16.8. The van der Waals surface area contributed by atoms with E-state index in [1.165, 1.54) is 0 Å². The molecule has 1 aliphatic heterocycles. The fourth-order valence-electron chi connectivity index (χ4n) is 3.11. The molecule has 27 heavy (non-hydrogen) atoms. The molecule has 0 spiro atoms. The van der Waals surface area contributed by atoms with Gasteiger partial charge in [0.15, 0.2) is 0 Å². The lowest BCUT2D eigenvalue weighted by atomic mass is 9.99. The number of hydrogen-bond acceptors (Lipinski definition) is 4. The van der Waals surface area contributed by atoms with Crippen LogP contribution in [0.2, 0.25) is 0 Å². The van der Waals surface area contributed by atoms with Crippen molar-refractivity contribution < 1.29 is 14.3 Å². The van der Waals surface area contributed by atoms with Crippen LogP contribution < -0.4 is 10.2 Å². The number of amides is 1. The molecule has 3 rings (SSSR count). The molecule has 5 nitrogen and oxygen atoms in total. The molecule has 1 atom stereocenters. The summed E-state index contributed by atoms with van der Waals surface area (Å²) in [5, 5.41) is 2.82. The van der Waals surface area contributed by atoms with Crippen LogP contribution in [-0.2, 0) is 27.4 Å². The Hall–Kier alpha value is -3.08. The van der Waals surface area contributed by atoms with Gasteiger partial charge < -0.3 is 15.0 Å². The van der Waals surface area contributed by atoms with Gasteiger partial charge in [0.2, 0.25) is 5.91 Å². The molecule has 0 aliphatic carbocycles. The molecular weight excluding hydrogens is 340 g/mol. The van der Waals surface area contributed by atoms with Crippen LogP contribution in [0.5, 0.6) is 0 Å². The maximum Gasteiger partial charge on any atom is 0.328 e. The molecule has 1 aliphatic rings. The van der Waals surface area contributed by atoms with Crippen molar-refractivity contribution in [1.82, 2.24) is 5.32 Å². The third-order valence-electron chi connectivity index (χ3n) is 4.62. The number of carbonyl (C=O) groups is 2. The van der Waals surface area contributed by atoms with Gasteiger partial charge in [-0.3, -0.25) is 4.79 Å². The van der Waals surface area contributed by atoms with E-state index in [9.17, 15) is 9.59 Å². The first-order valence-electron chi connectivity index (χ1n) is 9.11. The van der Waals surface area contributed by atoms with Crippen LogP contribution in [0.4, 0.5) is 5.69 Å². The highest BCUT2D eigenvalue weighted by atomic mass is 16.5. The van der Waals surface area contributed by atoms with Crippen molar-refractivity contribution in [3.05, 3.63) is 77.5 Å². The zero-order chi connectivity index (χ0) is 19.2. The Balaban J connectivity index is 1.61. The van der Waals surface area contributed by atoms with Crippen molar-refractivity contribution in [2.45, 2.75) is 32.4 Å². The second-order valence-electron chi connectivity index (χ2n) is 6.60. The first kappa shape index (κ1) is 18.7. The largest absolute Gasteiger partial charge is 0.459 e. The minimum Gasteiger partial charge on any atom is -0.459 e. The molecule has 0 aromatic heterocycles. The Kier molecular flexibility index (Phi) is 5.91. The van der Waals surface area contributed by atoms with E-state index in [0.717, 1.165) is 16.8 Å². The first-order valence-corrected chi connectivity index (χ1v) is 9.11. The Morgan fingerprint density at radius 2 is 1.81 bits per heavy atom. The average Bonchev–Trinajstić information content (AvgIpc) is 2.70. The van der Waals surface area contributed by atoms with Crippen LogP contribution in [0.1, 0.15) is 24.5 Å². The van der Waals surface area contributed by atoms with Crippen LogP contribution in [0.25, 0.3) is 0 Å². The number of nitrogens with zero attached hydrogens (tertiary/aromatic N) is 1. The summed E-state index contributed by atoms with van der Waals surface area (Å²) in [6.45, 7) is 2.05. The van der Waals surface area contributed by atoms with E-state index < -0.39 is 12.0 Å². The van der Waals surface area contributed by atoms with Gasteiger partial charge in [-0.05, 0) is 23.6 Å². The van der Waals surface area contributed by atoms with Gasteiger partial charge in [0.25, 0.3) is 0 Å². The van der Waals surface area contributed by atoms with E-state index in [1.807, 2.05) is 79.7 Å². The first-order chi connectivity index (χ1) is 13.1. The maximum atomic E-state index is 12.7. The Bertz CT molecular complexity index is 846. The van der Waals surface area contributed by atoms with Gasteiger partial charge in [-0.1, -0.05) is 55.5 Å². The lowest BCUT2D eigenvalue weighted by Crippen LogP contribution is -2.42. The zero-order valence-corrected chi connectivity index (χ0v) is 15.6. The number of para-hydroxylation sites is 1. The van der Waals surface area contributed by atoms with Crippen molar-refractivity contribution in [1.29, 1.82) is 0 Å². The van der Waals surface area contributed by atoms with Gasteiger partial charge in [0.1, 0.15) is 12.6 Å². The molecule has 5 heteroatoms. The van der Waals surface area contributed by atoms with E-state index in [1.54, 1.807) is 0 Å². The van der Waals surface area contributed by atoms with Crippen LogP contribution in [0.3, 0.4) is 0 Å². The summed E-state index contributed by atoms with van der Waals surface area (Å²) in [5.74, 6) is -0.653. The number of benzene rings is 2. The molecule has 1 unspecified atom stereocenters. The summed E-state index contributed by atoms with van der Waals surface area (Å²) in [5.41, 5.74) is 3.72. The minimum atomic E-state index is -0.662. The fourth-order valence-corrected chi connectivity index (χ4v) is 3.11. The van der Waals surface area contributed by atoms with Crippen molar-refractivity contribution in [2.24, 2.45) is 0 Å². The fraction of sp³-hybridized carbons (Fsp3) is 0.273. The van der Waals surface area contributed by atoms with Gasteiger partial charge in [0.05, 0.1) is 0 Å². The molecule has 0 saturated carbocycles. The Morgan fingerprint density at radius 3 is 2.56 bits per heavy atom. The summed E-state index contributed by atoms with van der Waals surface area (Å²) in [7, 11) is 1.91. The monoisotopic (exact) mass is 364 g/mol. The predicted molar refractivity (Wildman–Crippen MR) is 105 cm³/mol. The van der Waals surface area contributed by atoms with Crippen molar-refractivity contribution >= 4 is 17.6 Å². The van der Waals surface area contributed by atoms with Gasteiger partial charge in [-0.2, -0.15) is 0 Å². The molecule has 2 aromatic carbocycles. The van der Waals surface area contributed by atoms with Crippen molar-refractivity contribution in [3.8, 4) is 0 Å². The normalized spacial score (nSPS) is 14.0. The SMILES string of the molecule is CCC(NC(=O)C1=CN(C)c2ccccc2C1)C(=O)OCc1ccccc1. The summed E-state index contributed by atoms with van der Waals surface area (Å²) in [6.07, 6.45) is 2.83. The number of fused-ring (bicyclic) bond motifs is 1. The molecule has 1 N–H and O–H groups in total. The molecule has 0 radical (unpaired) electrons. The molecule has 140 valence electrons. The molecule has 2 aromatic rings. The maximum absolute atomic E-state index is 12.7. The number of anilines is 1. The molecule has 0 saturated heterocycles. The number of nitrogens with one attached hydrogen (secondary N) is 1. The van der Waals surface area contributed by atoms with Crippen molar-refractivity contribution in [2.75, 3.05) is 11.9 Å². The highest BCUT2D eigenvalue weighted by Gasteiger charge is 2.25. The summed E-state index contributed by atoms with van der Waals surface area (Å²) in [4.78, 5) is 27.0. The van der Waals surface area contributed by atoms with Crippen molar-refractivity contribution in [3.63, 3.8) is 0 Å². The lowest BCUT2D eigenvalue weighted by Gasteiger charge is -2.26. The van der Waals surface area contributed by atoms with E-state index in [-0.39, 0.29) is 12.5 Å². The van der Waals surface area contributed by atoms with Crippen LogP contribution >= 0.6 is 0 Å². The van der Waals surface area contributed by atoms with Crippen LogP contribution in [0, 0.1) is 0 Å². The summed E-state index contributed by atoms with van der Waals surface area (Å²) < 4.78 is 5.36. The summed E-state index contributed by atoms with van der Waals surface area (Å²) >= 11 is 0. The quantitative estimate of drug-likeness (QED) is 0.800. The second-order valence-corrected chi connectivity index (χ2v) is 6.60. The van der Waals surface area contributed by atoms with E-state index >= 15 is 0 Å². The topological polar surface area (TPSA) is 58.6 Å². The zero-order valence-electron chi connectivity index (χ0n) is 15.6.